The van der Waals surface area contributed by atoms with E-state index >= 15 is 0 Å². The Balaban J connectivity index is -0.000000625. The number of ether oxygens (including phenoxy) is 3. The zero-order valence-electron chi connectivity index (χ0n) is 23.3. The predicted octanol–water partition coefficient (Wildman–Crippen LogP) is 8.28. The molecule has 0 saturated heterocycles. The smallest absolute Gasteiger partial charge is 0.453 e. The molecule has 0 bridgehead atoms. The van der Waals surface area contributed by atoms with Gasteiger partial charge < -0.3 is 14.2 Å². The summed E-state index contributed by atoms with van der Waals surface area (Å²) in [6.07, 6.45) is -38.7. The van der Waals surface area contributed by atoms with Crippen LogP contribution in [0.3, 0.4) is 0 Å². The van der Waals surface area contributed by atoms with E-state index in [1.165, 1.54) is 6.92 Å². The maximum atomic E-state index is 12.8. The van der Waals surface area contributed by atoms with Crippen molar-refractivity contribution in [3.63, 3.8) is 0 Å². The lowest BCUT2D eigenvalue weighted by Crippen LogP contribution is -2.51. The fourth-order valence-electron chi connectivity index (χ4n) is 1.65. The Labute approximate surface area is 247 Å². The zero-order chi connectivity index (χ0) is 37.9. The van der Waals surface area contributed by atoms with Crippen LogP contribution < -0.4 is 0 Å². The zero-order valence-corrected chi connectivity index (χ0v) is 23.3. The Morgan fingerprint density at radius 3 is 1.17 bits per heavy atom. The fourth-order valence-corrected chi connectivity index (χ4v) is 1.65. The van der Waals surface area contributed by atoms with Gasteiger partial charge in [0.2, 0.25) is 6.17 Å². The molecule has 23 heteroatoms. The number of hydrogen-bond acceptors (Lipinski definition) is 6. The lowest BCUT2D eigenvalue weighted by atomic mass is 10.1. The van der Waals surface area contributed by atoms with Crippen LogP contribution in [0, 0.1) is 0 Å². The van der Waals surface area contributed by atoms with E-state index in [1.807, 2.05) is 0 Å². The third-order valence-electron chi connectivity index (χ3n) is 3.83. The Morgan fingerprint density at radius 1 is 0.543 bits per heavy atom. The average molecular weight is 718 g/mol. The maximum absolute atomic E-state index is 12.8. The van der Waals surface area contributed by atoms with E-state index in [9.17, 15) is 89.0 Å². The van der Waals surface area contributed by atoms with Gasteiger partial charge in [0.25, 0.3) is 0 Å². The number of alkyl halides is 17. The molecule has 0 N–H and O–H groups in total. The topological polar surface area (TPSA) is 78.9 Å². The van der Waals surface area contributed by atoms with Crippen molar-refractivity contribution in [1.82, 2.24) is 0 Å². The molecule has 0 aromatic carbocycles. The molecule has 0 spiro atoms. The molecule has 270 valence electrons. The minimum atomic E-state index is -5.83. The Bertz CT molecular complexity index is 1070. The molecule has 2 atom stereocenters. The van der Waals surface area contributed by atoms with Crippen molar-refractivity contribution in [2.24, 2.45) is 0 Å². The molecule has 0 saturated carbocycles. The first-order valence-electron chi connectivity index (χ1n) is 11.2. The van der Waals surface area contributed by atoms with E-state index < -0.39 is 97.5 Å². The van der Waals surface area contributed by atoms with Crippen molar-refractivity contribution >= 4 is 17.9 Å². The van der Waals surface area contributed by atoms with Crippen LogP contribution >= 0.6 is 0 Å². The molecule has 0 amide bonds. The molecule has 0 aliphatic rings. The lowest BCUT2D eigenvalue weighted by molar-refractivity contribution is -0.350. The first-order chi connectivity index (χ1) is 20.0. The summed E-state index contributed by atoms with van der Waals surface area (Å²) in [5.74, 6) is -10.5. The quantitative estimate of drug-likeness (QED) is 0.0927. The van der Waals surface area contributed by atoms with Gasteiger partial charge in [-0.15, -0.1) is 0 Å². The summed E-state index contributed by atoms with van der Waals surface area (Å²) in [5.41, 5.74) is -1.23. The highest BCUT2D eigenvalue weighted by molar-refractivity contribution is 5.87. The van der Waals surface area contributed by atoms with E-state index in [0.717, 1.165) is 13.8 Å². The van der Waals surface area contributed by atoms with Crippen LogP contribution in [0.2, 0.25) is 0 Å². The Kier molecular flexibility index (Phi) is 17.7. The average Bonchev–Trinajstić information content (AvgIpc) is 2.79. The first kappa shape index (κ1) is 46.9. The monoisotopic (exact) mass is 718 g/mol. The normalized spacial score (nSPS) is 13.8. The third kappa shape index (κ3) is 20.5. The van der Waals surface area contributed by atoms with Crippen molar-refractivity contribution < 1.29 is 103 Å². The molecule has 0 fully saturated rings. The fraction of sp³-hybridized carbons (Fsp3) is 0.609. The number of halogens is 17. The molecule has 6 nitrogen and oxygen atoms in total. The highest BCUT2D eigenvalue weighted by Crippen LogP contribution is 2.43. The van der Waals surface area contributed by atoms with E-state index in [-0.39, 0.29) is 5.57 Å². The van der Waals surface area contributed by atoms with E-state index in [0.29, 0.717) is 0 Å². The Hall–Kier alpha value is -3.56. The summed E-state index contributed by atoms with van der Waals surface area (Å²) in [5, 5.41) is 0. The molecule has 0 aromatic rings. The van der Waals surface area contributed by atoms with Crippen LogP contribution in [-0.2, 0) is 28.6 Å². The number of hydrogen-bond donors (Lipinski definition) is 0. The van der Waals surface area contributed by atoms with E-state index in [1.54, 1.807) is 0 Å². The third-order valence-corrected chi connectivity index (χ3v) is 3.83. The second-order valence-corrected chi connectivity index (χ2v) is 8.59. The van der Waals surface area contributed by atoms with Crippen molar-refractivity contribution in [2.45, 2.75) is 82.6 Å². The first-order valence-corrected chi connectivity index (χ1v) is 11.2. The molecule has 0 aromatic heterocycles. The second kappa shape index (κ2) is 17.4. The molecule has 0 radical (unpaired) electrons. The van der Waals surface area contributed by atoms with Crippen molar-refractivity contribution in [3.05, 3.63) is 36.5 Å². The number of esters is 3. The summed E-state index contributed by atoms with van der Waals surface area (Å²) >= 11 is 0. The van der Waals surface area contributed by atoms with Gasteiger partial charge in [0.05, 0.1) is 12.8 Å². The largest absolute Gasteiger partial charge is 0.469 e. The summed E-state index contributed by atoms with van der Waals surface area (Å²) in [4.78, 5) is 31.6. The van der Waals surface area contributed by atoms with Gasteiger partial charge in [0.1, 0.15) is 0 Å². The van der Waals surface area contributed by atoms with Crippen LogP contribution in [-0.4, -0.2) is 73.5 Å². The summed E-state index contributed by atoms with van der Waals surface area (Å²) in [6, 6.07) is 0. The van der Waals surface area contributed by atoms with Gasteiger partial charge >= 0.3 is 54.6 Å². The maximum Gasteiger partial charge on any atom is 0.469 e. The molecular formula is C23H23F17O6. The summed E-state index contributed by atoms with van der Waals surface area (Å²) in [6.45, 7) is 10.4. The van der Waals surface area contributed by atoms with Crippen LogP contribution in [0.15, 0.2) is 36.5 Å². The van der Waals surface area contributed by atoms with Gasteiger partial charge in [-0.25, -0.2) is 23.2 Å². The summed E-state index contributed by atoms with van der Waals surface area (Å²) in [7, 11) is 0. The minimum Gasteiger partial charge on any atom is -0.453 e. The van der Waals surface area contributed by atoms with Crippen molar-refractivity contribution in [2.75, 3.05) is 6.61 Å². The molecule has 0 aliphatic carbocycles. The SMILES string of the molecule is C=C(C)C(=O)OC(F)(F)C(F)(F)C(F)CC(F)(F)F.C=C(C)C(=O)OC(F)(F)C(F)CC(F)(F)F.C=C(C)C(=O)OCC(F)(F)F. The highest BCUT2D eigenvalue weighted by Gasteiger charge is 2.67. The molecule has 0 rings (SSSR count). The van der Waals surface area contributed by atoms with E-state index in [4.69, 9.17) is 0 Å². The van der Waals surface area contributed by atoms with Gasteiger partial charge in [-0.1, -0.05) is 19.7 Å². The molecule has 46 heavy (non-hydrogen) atoms. The lowest BCUT2D eigenvalue weighted by Gasteiger charge is -2.28. The molecule has 0 aliphatic heterocycles. The predicted molar refractivity (Wildman–Crippen MR) is 120 cm³/mol. The van der Waals surface area contributed by atoms with Crippen LogP contribution in [0.4, 0.5) is 74.6 Å². The van der Waals surface area contributed by atoms with Crippen LogP contribution in [0.1, 0.15) is 33.6 Å². The molecular weight excluding hydrogens is 695 g/mol. The number of carbonyl (C=O) groups excluding carboxylic acids is 3. The van der Waals surface area contributed by atoms with Gasteiger partial charge in [-0.2, -0.15) is 65.9 Å². The Morgan fingerprint density at radius 2 is 0.870 bits per heavy atom. The van der Waals surface area contributed by atoms with Gasteiger partial charge in [-0.05, 0) is 20.8 Å². The van der Waals surface area contributed by atoms with Gasteiger partial charge in [-0.3, -0.25) is 0 Å². The van der Waals surface area contributed by atoms with Gasteiger partial charge in [0, 0.05) is 16.7 Å². The van der Waals surface area contributed by atoms with Crippen molar-refractivity contribution in [1.29, 1.82) is 0 Å². The standard InChI is InChI=1S/C9H8F8O2.C8H8F6O2.C6H7F3O2/c1-4(2)6(18)19-9(16,17)8(14,15)5(10)3-7(11,12)13;1-4(2)6(15)16-8(13,14)5(9)3-7(10,11)12;1-4(2)5(10)11-3-6(7,8)9/h5H,1,3H2,2H3;5H,1,3H2,2H3;1,3H2,2H3. The number of rotatable bonds is 11. The van der Waals surface area contributed by atoms with Crippen molar-refractivity contribution in [3.8, 4) is 0 Å². The minimum absolute atomic E-state index is 0.0470. The van der Waals surface area contributed by atoms with E-state index in [2.05, 4.69) is 33.9 Å². The second-order valence-electron chi connectivity index (χ2n) is 8.59. The molecule has 2 unspecified atom stereocenters. The summed E-state index contributed by atoms with van der Waals surface area (Å²) < 4.78 is 216. The van der Waals surface area contributed by atoms with Gasteiger partial charge in [0.15, 0.2) is 12.8 Å². The number of carbonyl (C=O) groups is 3. The van der Waals surface area contributed by atoms with Crippen LogP contribution in [0.5, 0.6) is 0 Å². The van der Waals surface area contributed by atoms with Crippen LogP contribution in [0.25, 0.3) is 0 Å². The molecule has 0 heterocycles. The highest BCUT2D eigenvalue weighted by atomic mass is 19.4.